The number of hydrogen-bond donors (Lipinski definition) is 1. The fraction of sp³-hybridized carbons (Fsp3) is 0.364. The second-order valence-electron chi connectivity index (χ2n) is 4.11. The van der Waals surface area contributed by atoms with Crippen molar-refractivity contribution in [1.82, 2.24) is 9.55 Å². The maximum Gasteiger partial charge on any atom is 0.201 e. The quantitative estimate of drug-likeness (QED) is 0.826. The first kappa shape index (κ1) is 10.5. The standard InChI is InChI=1S/C11H11F2N3O/c12-6-3-8(13)10-9(4-6)16(11(14)15-10)7-1-2-17-5-7/h3-4,7H,1-2,5H2,(H2,14,15). The van der Waals surface area contributed by atoms with Crippen molar-refractivity contribution in [2.75, 3.05) is 18.9 Å². The molecule has 3 rings (SSSR count). The van der Waals surface area contributed by atoms with Crippen LogP contribution in [0.25, 0.3) is 11.0 Å². The monoisotopic (exact) mass is 239 g/mol. The molecule has 17 heavy (non-hydrogen) atoms. The third-order valence-electron chi connectivity index (χ3n) is 3.01. The summed E-state index contributed by atoms with van der Waals surface area (Å²) < 4.78 is 33.6. The summed E-state index contributed by atoms with van der Waals surface area (Å²) in [6.45, 7) is 1.12. The minimum Gasteiger partial charge on any atom is -0.379 e. The van der Waals surface area contributed by atoms with Crippen LogP contribution in [0.15, 0.2) is 12.1 Å². The number of benzene rings is 1. The molecule has 2 aromatic rings. The molecule has 1 atom stereocenters. The predicted octanol–water partition coefficient (Wildman–Crippen LogP) is 1.86. The molecule has 4 nitrogen and oxygen atoms in total. The molecule has 1 aromatic heterocycles. The van der Waals surface area contributed by atoms with E-state index in [0.29, 0.717) is 18.7 Å². The molecule has 1 aliphatic heterocycles. The van der Waals surface area contributed by atoms with E-state index >= 15 is 0 Å². The Morgan fingerprint density at radius 2 is 2.24 bits per heavy atom. The van der Waals surface area contributed by atoms with Crippen LogP contribution in [-0.4, -0.2) is 22.8 Å². The number of fused-ring (bicyclic) bond motifs is 1. The van der Waals surface area contributed by atoms with E-state index < -0.39 is 11.6 Å². The van der Waals surface area contributed by atoms with Gasteiger partial charge in [-0.1, -0.05) is 0 Å². The fourth-order valence-electron chi connectivity index (χ4n) is 2.25. The smallest absolute Gasteiger partial charge is 0.201 e. The molecule has 1 unspecified atom stereocenters. The molecule has 90 valence electrons. The summed E-state index contributed by atoms with van der Waals surface area (Å²) >= 11 is 0. The summed E-state index contributed by atoms with van der Waals surface area (Å²) in [5, 5.41) is 0. The van der Waals surface area contributed by atoms with Gasteiger partial charge in [0.15, 0.2) is 5.82 Å². The molecule has 1 fully saturated rings. The molecule has 0 radical (unpaired) electrons. The summed E-state index contributed by atoms with van der Waals surface area (Å²) in [5.41, 5.74) is 6.25. The molecule has 1 aromatic carbocycles. The number of imidazole rings is 1. The van der Waals surface area contributed by atoms with E-state index in [2.05, 4.69) is 4.98 Å². The van der Waals surface area contributed by atoms with Crippen LogP contribution < -0.4 is 5.73 Å². The summed E-state index contributed by atoms with van der Waals surface area (Å²) in [5.74, 6) is -1.13. The lowest BCUT2D eigenvalue weighted by molar-refractivity contribution is 0.187. The molecule has 6 heteroatoms. The lowest BCUT2D eigenvalue weighted by Crippen LogP contribution is -2.11. The van der Waals surface area contributed by atoms with Crippen molar-refractivity contribution >= 4 is 17.0 Å². The van der Waals surface area contributed by atoms with Crippen LogP contribution >= 0.6 is 0 Å². The van der Waals surface area contributed by atoms with Gasteiger partial charge in [0.2, 0.25) is 5.95 Å². The predicted molar refractivity (Wildman–Crippen MR) is 58.5 cm³/mol. The normalized spacial score (nSPS) is 20.2. The van der Waals surface area contributed by atoms with Crippen LogP contribution in [0.4, 0.5) is 14.7 Å². The van der Waals surface area contributed by atoms with Gasteiger partial charge in [0.25, 0.3) is 0 Å². The van der Waals surface area contributed by atoms with Crippen LogP contribution in [0, 0.1) is 11.6 Å². The van der Waals surface area contributed by atoms with Gasteiger partial charge in [-0.15, -0.1) is 0 Å². The lowest BCUT2D eigenvalue weighted by atomic mass is 10.2. The summed E-state index contributed by atoms with van der Waals surface area (Å²) in [6, 6.07) is 2.06. The maximum absolute atomic E-state index is 13.5. The molecule has 1 aliphatic rings. The number of nitrogens with zero attached hydrogens (tertiary/aromatic N) is 2. The molecule has 2 N–H and O–H groups in total. The van der Waals surface area contributed by atoms with Crippen molar-refractivity contribution in [3.8, 4) is 0 Å². The Balaban J connectivity index is 2.25. The zero-order valence-electron chi connectivity index (χ0n) is 8.99. The third kappa shape index (κ3) is 1.56. The minimum absolute atomic E-state index is 0.00111. The van der Waals surface area contributed by atoms with E-state index in [-0.39, 0.29) is 17.5 Å². The van der Waals surface area contributed by atoms with Gasteiger partial charge in [0.1, 0.15) is 11.3 Å². The van der Waals surface area contributed by atoms with Crippen molar-refractivity contribution in [3.05, 3.63) is 23.8 Å². The minimum atomic E-state index is -0.690. The number of nitrogen functional groups attached to an aromatic ring is 1. The highest BCUT2D eigenvalue weighted by Gasteiger charge is 2.23. The van der Waals surface area contributed by atoms with Gasteiger partial charge >= 0.3 is 0 Å². The molecule has 0 saturated carbocycles. The van der Waals surface area contributed by atoms with Gasteiger partial charge in [-0.2, -0.15) is 0 Å². The van der Waals surface area contributed by atoms with E-state index in [1.165, 1.54) is 6.07 Å². The number of ether oxygens (including phenoxy) is 1. The van der Waals surface area contributed by atoms with Gasteiger partial charge in [0, 0.05) is 18.7 Å². The Morgan fingerprint density at radius 1 is 1.41 bits per heavy atom. The molecular formula is C11H11F2N3O. The maximum atomic E-state index is 13.5. The number of nitrogens with two attached hydrogens (primary N) is 1. The zero-order chi connectivity index (χ0) is 12.0. The number of anilines is 1. The molecule has 0 aliphatic carbocycles. The second kappa shape index (κ2) is 3.66. The van der Waals surface area contributed by atoms with E-state index in [1.54, 1.807) is 4.57 Å². The first-order valence-corrected chi connectivity index (χ1v) is 5.37. The first-order chi connectivity index (χ1) is 8.16. The highest BCUT2D eigenvalue weighted by Crippen LogP contribution is 2.29. The van der Waals surface area contributed by atoms with Gasteiger partial charge in [0.05, 0.1) is 18.2 Å². The van der Waals surface area contributed by atoms with E-state index in [4.69, 9.17) is 10.5 Å². The average Bonchev–Trinajstić information content (AvgIpc) is 2.84. The molecule has 0 amide bonds. The summed E-state index contributed by atoms with van der Waals surface area (Å²) in [7, 11) is 0. The average molecular weight is 239 g/mol. The SMILES string of the molecule is Nc1nc2c(F)cc(F)cc2n1C1CCOC1. The van der Waals surface area contributed by atoms with Gasteiger partial charge in [-0.25, -0.2) is 13.8 Å². The fourth-order valence-corrected chi connectivity index (χ4v) is 2.25. The first-order valence-electron chi connectivity index (χ1n) is 5.37. The van der Waals surface area contributed by atoms with Crippen molar-refractivity contribution in [2.45, 2.75) is 12.5 Å². The van der Waals surface area contributed by atoms with Gasteiger partial charge in [-0.3, -0.25) is 0 Å². The Bertz CT molecular complexity index is 576. The molecule has 0 spiro atoms. The van der Waals surface area contributed by atoms with Crippen LogP contribution in [0.5, 0.6) is 0 Å². The summed E-state index contributed by atoms with van der Waals surface area (Å²) in [4.78, 5) is 3.94. The second-order valence-corrected chi connectivity index (χ2v) is 4.11. The van der Waals surface area contributed by atoms with Crippen molar-refractivity contribution in [2.24, 2.45) is 0 Å². The van der Waals surface area contributed by atoms with Crippen LogP contribution in [-0.2, 0) is 4.74 Å². The Morgan fingerprint density at radius 3 is 2.94 bits per heavy atom. The zero-order valence-corrected chi connectivity index (χ0v) is 8.99. The van der Waals surface area contributed by atoms with Crippen LogP contribution in [0.3, 0.4) is 0 Å². The van der Waals surface area contributed by atoms with Gasteiger partial charge in [-0.05, 0) is 6.42 Å². The largest absolute Gasteiger partial charge is 0.379 e. The highest BCUT2D eigenvalue weighted by atomic mass is 19.1. The number of hydrogen-bond acceptors (Lipinski definition) is 3. The van der Waals surface area contributed by atoms with E-state index in [9.17, 15) is 8.78 Å². The van der Waals surface area contributed by atoms with Gasteiger partial charge < -0.3 is 15.0 Å². The highest BCUT2D eigenvalue weighted by molar-refractivity contribution is 5.79. The Labute approximate surface area is 96.0 Å². The molecule has 0 bridgehead atoms. The number of halogens is 2. The van der Waals surface area contributed by atoms with Crippen LogP contribution in [0.1, 0.15) is 12.5 Å². The Hall–Kier alpha value is -1.69. The van der Waals surface area contributed by atoms with Crippen molar-refractivity contribution < 1.29 is 13.5 Å². The lowest BCUT2D eigenvalue weighted by Gasteiger charge is -2.12. The molecular weight excluding hydrogens is 228 g/mol. The molecule has 1 saturated heterocycles. The third-order valence-corrected chi connectivity index (χ3v) is 3.01. The van der Waals surface area contributed by atoms with E-state index in [0.717, 1.165) is 12.5 Å². The summed E-state index contributed by atoms with van der Waals surface area (Å²) in [6.07, 6.45) is 0.772. The van der Waals surface area contributed by atoms with E-state index in [1.807, 2.05) is 0 Å². The van der Waals surface area contributed by atoms with Crippen molar-refractivity contribution in [3.63, 3.8) is 0 Å². The topological polar surface area (TPSA) is 53.1 Å². The Kier molecular flexibility index (Phi) is 2.25. The number of rotatable bonds is 1. The molecule has 2 heterocycles. The van der Waals surface area contributed by atoms with Crippen LogP contribution in [0.2, 0.25) is 0 Å². The van der Waals surface area contributed by atoms with Crippen molar-refractivity contribution in [1.29, 1.82) is 0 Å². The number of aromatic nitrogens is 2.